The van der Waals surface area contributed by atoms with Gasteiger partial charge in [0, 0.05) is 0 Å². The lowest BCUT2D eigenvalue weighted by molar-refractivity contribution is 0.218. The van der Waals surface area contributed by atoms with Crippen LogP contribution in [0.1, 0.15) is 56.6 Å². The summed E-state index contributed by atoms with van der Waals surface area (Å²) < 4.78 is 23.3. The van der Waals surface area contributed by atoms with Crippen molar-refractivity contribution < 1.29 is 13.6 Å². The van der Waals surface area contributed by atoms with E-state index in [1.165, 1.54) is 30.4 Å². The average Bonchev–Trinajstić information content (AvgIpc) is 2.96. The van der Waals surface area contributed by atoms with Crippen molar-refractivity contribution in [3.8, 4) is 0 Å². The average molecular weight is 324 g/mol. The van der Waals surface area contributed by atoms with Gasteiger partial charge in [0.15, 0.2) is 0 Å². The van der Waals surface area contributed by atoms with Gasteiger partial charge in [0.25, 0.3) is 0 Å². The Morgan fingerprint density at radius 3 is 2.32 bits per heavy atom. The molecule has 1 aromatic carbocycles. The van der Waals surface area contributed by atoms with Gasteiger partial charge >= 0.3 is 7.60 Å². The second-order valence-electron chi connectivity index (χ2n) is 6.25. The molecule has 4 heteroatoms. The maximum absolute atomic E-state index is 12.5. The molecule has 2 atom stereocenters. The van der Waals surface area contributed by atoms with Crippen LogP contribution in [0.3, 0.4) is 0 Å². The summed E-state index contributed by atoms with van der Waals surface area (Å²) in [6, 6.07) is 8.91. The Morgan fingerprint density at radius 2 is 1.73 bits per heavy atom. The lowest BCUT2D eigenvalue weighted by Crippen LogP contribution is -2.05. The minimum Gasteiger partial charge on any atom is -0.309 e. The number of benzene rings is 1. The van der Waals surface area contributed by atoms with Crippen molar-refractivity contribution in [3.05, 3.63) is 35.4 Å². The van der Waals surface area contributed by atoms with Gasteiger partial charge in [-0.15, -0.1) is 0 Å². The maximum atomic E-state index is 12.5. The second-order valence-corrected chi connectivity index (χ2v) is 8.43. The molecule has 0 aliphatic heterocycles. The SMILES string of the molecule is CCOP(=O)(CCC1CC[C@H](c2ccc(C)cc2)C1)OCC. The van der Waals surface area contributed by atoms with Gasteiger partial charge < -0.3 is 9.05 Å². The van der Waals surface area contributed by atoms with Crippen molar-refractivity contribution in [1.82, 2.24) is 0 Å². The molecule has 1 aromatic rings. The van der Waals surface area contributed by atoms with E-state index < -0.39 is 7.60 Å². The Hall–Kier alpha value is -0.630. The van der Waals surface area contributed by atoms with Crippen LogP contribution in [0.15, 0.2) is 24.3 Å². The lowest BCUT2D eigenvalue weighted by Gasteiger charge is -2.19. The van der Waals surface area contributed by atoms with E-state index in [4.69, 9.17) is 9.05 Å². The summed E-state index contributed by atoms with van der Waals surface area (Å²) in [5.74, 6) is 1.30. The molecule has 0 bridgehead atoms. The van der Waals surface area contributed by atoms with Crippen molar-refractivity contribution >= 4 is 7.60 Å². The van der Waals surface area contributed by atoms with E-state index >= 15 is 0 Å². The summed E-state index contributed by atoms with van der Waals surface area (Å²) in [7, 11) is -2.87. The van der Waals surface area contributed by atoms with Crippen LogP contribution in [0.25, 0.3) is 0 Å². The highest BCUT2D eigenvalue weighted by atomic mass is 31.2. The van der Waals surface area contributed by atoms with E-state index in [-0.39, 0.29) is 0 Å². The van der Waals surface area contributed by atoms with E-state index in [1.807, 2.05) is 13.8 Å². The van der Waals surface area contributed by atoms with E-state index in [0.29, 0.717) is 31.2 Å². The van der Waals surface area contributed by atoms with Crippen molar-refractivity contribution in [2.24, 2.45) is 5.92 Å². The van der Waals surface area contributed by atoms with Crippen LogP contribution in [0.4, 0.5) is 0 Å². The van der Waals surface area contributed by atoms with Gasteiger partial charge in [0.2, 0.25) is 0 Å². The molecule has 1 saturated carbocycles. The molecule has 1 fully saturated rings. The summed E-state index contributed by atoms with van der Waals surface area (Å²) in [5, 5.41) is 0. The van der Waals surface area contributed by atoms with Crippen LogP contribution in [-0.4, -0.2) is 19.4 Å². The van der Waals surface area contributed by atoms with Gasteiger partial charge in [-0.25, -0.2) is 0 Å². The molecule has 0 N–H and O–H groups in total. The Labute approximate surface area is 134 Å². The topological polar surface area (TPSA) is 35.5 Å². The first-order chi connectivity index (χ1) is 10.6. The fourth-order valence-electron chi connectivity index (χ4n) is 3.38. The zero-order valence-corrected chi connectivity index (χ0v) is 15.0. The number of rotatable bonds is 8. The molecule has 0 saturated heterocycles. The van der Waals surface area contributed by atoms with Crippen LogP contribution < -0.4 is 0 Å². The second kappa shape index (κ2) is 8.29. The summed E-state index contributed by atoms with van der Waals surface area (Å²) in [6.07, 6.45) is 5.15. The molecule has 1 aliphatic carbocycles. The van der Waals surface area contributed by atoms with Gasteiger partial charge in [-0.2, -0.15) is 0 Å². The highest BCUT2D eigenvalue weighted by Gasteiger charge is 2.30. The highest BCUT2D eigenvalue weighted by Crippen LogP contribution is 2.51. The van der Waals surface area contributed by atoms with Crippen LogP contribution in [-0.2, 0) is 13.6 Å². The first-order valence-corrected chi connectivity index (χ1v) is 10.2. The molecule has 1 aliphatic rings. The molecule has 0 radical (unpaired) electrons. The summed E-state index contributed by atoms with van der Waals surface area (Å²) >= 11 is 0. The third kappa shape index (κ3) is 4.94. The molecule has 1 unspecified atom stereocenters. The molecule has 124 valence electrons. The number of aryl methyl sites for hydroxylation is 1. The van der Waals surface area contributed by atoms with Crippen LogP contribution >= 0.6 is 7.60 Å². The van der Waals surface area contributed by atoms with Crippen molar-refractivity contribution in [2.45, 2.75) is 52.4 Å². The number of hydrogen-bond donors (Lipinski definition) is 0. The maximum Gasteiger partial charge on any atom is 0.330 e. The summed E-state index contributed by atoms with van der Waals surface area (Å²) in [4.78, 5) is 0. The Morgan fingerprint density at radius 1 is 1.09 bits per heavy atom. The molecular formula is C18H29O3P. The third-order valence-electron chi connectivity index (χ3n) is 4.55. The molecule has 22 heavy (non-hydrogen) atoms. The minimum absolute atomic E-state index is 0.452. The normalized spacial score (nSPS) is 22.1. The quantitative estimate of drug-likeness (QED) is 0.589. The third-order valence-corrected chi connectivity index (χ3v) is 6.66. The van der Waals surface area contributed by atoms with E-state index in [0.717, 1.165) is 6.42 Å². The monoisotopic (exact) mass is 324 g/mol. The van der Waals surface area contributed by atoms with Gasteiger partial charge in [0.1, 0.15) is 0 Å². The van der Waals surface area contributed by atoms with Gasteiger partial charge in [0.05, 0.1) is 19.4 Å². The van der Waals surface area contributed by atoms with Crippen molar-refractivity contribution in [3.63, 3.8) is 0 Å². The van der Waals surface area contributed by atoms with E-state index in [9.17, 15) is 4.57 Å². The fraction of sp³-hybridized carbons (Fsp3) is 0.667. The van der Waals surface area contributed by atoms with Gasteiger partial charge in [-0.05, 0) is 63.9 Å². The van der Waals surface area contributed by atoms with Crippen molar-refractivity contribution in [2.75, 3.05) is 19.4 Å². The van der Waals surface area contributed by atoms with E-state index in [2.05, 4.69) is 31.2 Å². The molecule has 2 rings (SSSR count). The zero-order valence-electron chi connectivity index (χ0n) is 14.1. The number of hydrogen-bond acceptors (Lipinski definition) is 3. The fourth-order valence-corrected chi connectivity index (χ4v) is 5.18. The molecule has 0 heterocycles. The predicted molar refractivity (Wildman–Crippen MR) is 91.6 cm³/mol. The Balaban J connectivity index is 1.85. The van der Waals surface area contributed by atoms with Crippen LogP contribution in [0.2, 0.25) is 0 Å². The zero-order chi connectivity index (χ0) is 16.0. The molecule has 0 amide bonds. The highest BCUT2D eigenvalue weighted by molar-refractivity contribution is 7.53. The molecule has 0 spiro atoms. The van der Waals surface area contributed by atoms with Crippen LogP contribution in [0, 0.1) is 12.8 Å². The Bertz CT molecular complexity index is 488. The lowest BCUT2D eigenvalue weighted by atomic mass is 9.95. The summed E-state index contributed by atoms with van der Waals surface area (Å²) in [6.45, 7) is 6.77. The standard InChI is InChI=1S/C18H29O3P/c1-4-20-22(19,21-5-2)13-12-16-8-11-18(14-16)17-9-6-15(3)7-10-17/h6-7,9-10,16,18H,4-5,8,11-14H2,1-3H3/t16?,18-/m0/s1. The summed E-state index contributed by atoms with van der Waals surface area (Å²) in [5.41, 5.74) is 2.76. The largest absolute Gasteiger partial charge is 0.330 e. The first kappa shape index (κ1) is 17.7. The first-order valence-electron chi connectivity index (χ1n) is 8.51. The van der Waals surface area contributed by atoms with Crippen molar-refractivity contribution in [1.29, 1.82) is 0 Å². The predicted octanol–water partition coefficient (Wildman–Crippen LogP) is 5.53. The van der Waals surface area contributed by atoms with Gasteiger partial charge in [-0.3, -0.25) is 4.57 Å². The minimum atomic E-state index is -2.87. The van der Waals surface area contributed by atoms with Crippen LogP contribution in [0.5, 0.6) is 0 Å². The smallest absolute Gasteiger partial charge is 0.309 e. The van der Waals surface area contributed by atoms with Gasteiger partial charge in [-0.1, -0.05) is 29.8 Å². The van der Waals surface area contributed by atoms with E-state index in [1.54, 1.807) is 0 Å². The molecular weight excluding hydrogens is 295 g/mol. The molecule has 0 aromatic heterocycles. The molecule has 3 nitrogen and oxygen atoms in total. The Kier molecular flexibility index (Phi) is 6.67.